The molecule has 1 saturated heterocycles. The Morgan fingerprint density at radius 1 is 1.03 bits per heavy atom. The average Bonchev–Trinajstić information content (AvgIpc) is 2.75. The topological polar surface area (TPSA) is 63.1 Å². The van der Waals surface area contributed by atoms with Crippen LogP contribution in [0, 0.1) is 0 Å². The zero-order chi connectivity index (χ0) is 21.4. The lowest BCUT2D eigenvalue weighted by Crippen LogP contribution is -2.47. The van der Waals surface area contributed by atoms with Crippen molar-refractivity contribution in [3.05, 3.63) is 47.7 Å². The van der Waals surface area contributed by atoms with Gasteiger partial charge in [-0.25, -0.2) is 0 Å². The van der Waals surface area contributed by atoms with Gasteiger partial charge in [-0.05, 0) is 48.9 Å². The number of hydrogen-bond donors (Lipinski definition) is 0. The fourth-order valence-electron chi connectivity index (χ4n) is 2.96. The molecule has 1 aromatic heterocycles. The number of aromatic nitrogens is 2. The Labute approximate surface area is 173 Å². The highest BCUT2D eigenvalue weighted by atomic mass is 19.4. The second-order valence-corrected chi connectivity index (χ2v) is 6.67. The summed E-state index contributed by atoms with van der Waals surface area (Å²) in [5.74, 6) is 1.24. The standard InChI is InChI=1S/C20H24F3N5O2/c1-2-30-24-15-16-3-5-17(6-4-16)29-14-13-27-9-11-28(12-10-27)19-8-7-18(25-26-19)20(21,22)23/h3-8,15H,2,9-14H2,1H3. The summed E-state index contributed by atoms with van der Waals surface area (Å²) in [6.07, 6.45) is -2.82. The van der Waals surface area contributed by atoms with Crippen LogP contribution in [0.2, 0.25) is 0 Å². The fourth-order valence-corrected chi connectivity index (χ4v) is 2.96. The highest BCUT2D eigenvalue weighted by Crippen LogP contribution is 2.27. The maximum Gasteiger partial charge on any atom is 0.435 e. The highest BCUT2D eigenvalue weighted by molar-refractivity contribution is 5.79. The van der Waals surface area contributed by atoms with E-state index in [1.165, 1.54) is 6.07 Å². The van der Waals surface area contributed by atoms with Gasteiger partial charge in [0.15, 0.2) is 11.5 Å². The molecule has 3 rings (SSSR count). The van der Waals surface area contributed by atoms with Gasteiger partial charge < -0.3 is 14.5 Å². The van der Waals surface area contributed by atoms with Gasteiger partial charge in [0.2, 0.25) is 0 Å². The third kappa shape index (κ3) is 6.31. The maximum atomic E-state index is 12.6. The minimum atomic E-state index is -4.47. The van der Waals surface area contributed by atoms with Gasteiger partial charge in [-0.1, -0.05) is 5.16 Å². The van der Waals surface area contributed by atoms with E-state index < -0.39 is 11.9 Å². The van der Waals surface area contributed by atoms with Crippen molar-refractivity contribution in [3.8, 4) is 5.75 Å². The summed E-state index contributed by atoms with van der Waals surface area (Å²) >= 11 is 0. The lowest BCUT2D eigenvalue weighted by molar-refractivity contribution is -0.141. The van der Waals surface area contributed by atoms with Crippen LogP contribution in [-0.4, -0.2) is 67.2 Å². The Balaban J connectivity index is 1.39. The summed E-state index contributed by atoms with van der Waals surface area (Å²) in [7, 11) is 0. The van der Waals surface area contributed by atoms with Crippen LogP contribution in [0.4, 0.5) is 19.0 Å². The van der Waals surface area contributed by atoms with E-state index in [0.717, 1.165) is 37.0 Å². The third-order valence-corrected chi connectivity index (χ3v) is 4.60. The summed E-state index contributed by atoms with van der Waals surface area (Å²) in [5.41, 5.74) is -0.0464. The lowest BCUT2D eigenvalue weighted by Gasteiger charge is -2.35. The van der Waals surface area contributed by atoms with Gasteiger partial charge in [0.05, 0.1) is 6.21 Å². The molecule has 2 aromatic rings. The molecule has 0 N–H and O–H groups in total. The molecule has 0 spiro atoms. The second-order valence-electron chi connectivity index (χ2n) is 6.67. The SMILES string of the molecule is CCON=Cc1ccc(OCCN2CCN(c3ccc(C(F)(F)F)nn3)CC2)cc1. The highest BCUT2D eigenvalue weighted by Gasteiger charge is 2.33. The second kappa shape index (κ2) is 10.2. The summed E-state index contributed by atoms with van der Waals surface area (Å²) in [6, 6.07) is 9.92. The van der Waals surface area contributed by atoms with Crippen LogP contribution in [0.3, 0.4) is 0 Å². The first-order chi connectivity index (χ1) is 14.5. The van der Waals surface area contributed by atoms with Crippen LogP contribution in [-0.2, 0) is 11.0 Å². The number of anilines is 1. The van der Waals surface area contributed by atoms with E-state index in [0.29, 0.717) is 32.1 Å². The molecule has 30 heavy (non-hydrogen) atoms. The smallest absolute Gasteiger partial charge is 0.435 e. The molecule has 10 heteroatoms. The monoisotopic (exact) mass is 423 g/mol. The van der Waals surface area contributed by atoms with Crippen molar-refractivity contribution in [2.45, 2.75) is 13.1 Å². The largest absolute Gasteiger partial charge is 0.492 e. The first-order valence-corrected chi connectivity index (χ1v) is 9.72. The Morgan fingerprint density at radius 2 is 1.77 bits per heavy atom. The molecular weight excluding hydrogens is 399 g/mol. The molecule has 0 atom stereocenters. The normalized spacial score (nSPS) is 15.5. The molecular formula is C20H24F3N5O2. The lowest BCUT2D eigenvalue weighted by atomic mass is 10.2. The molecule has 0 unspecified atom stereocenters. The molecule has 1 aliphatic rings. The van der Waals surface area contributed by atoms with Crippen molar-refractivity contribution < 1.29 is 22.7 Å². The minimum Gasteiger partial charge on any atom is -0.492 e. The van der Waals surface area contributed by atoms with E-state index in [1.54, 1.807) is 6.21 Å². The number of rotatable bonds is 8. The molecule has 0 aliphatic carbocycles. The van der Waals surface area contributed by atoms with Crippen LogP contribution in [0.15, 0.2) is 41.6 Å². The first-order valence-electron chi connectivity index (χ1n) is 9.72. The molecule has 1 fully saturated rings. The summed E-state index contributed by atoms with van der Waals surface area (Å²) in [5, 5.41) is 10.8. The molecule has 7 nitrogen and oxygen atoms in total. The average molecular weight is 423 g/mol. The van der Waals surface area contributed by atoms with Crippen molar-refractivity contribution in [2.24, 2.45) is 5.16 Å². The van der Waals surface area contributed by atoms with E-state index in [2.05, 4.69) is 20.3 Å². The number of oxime groups is 1. The summed E-state index contributed by atoms with van der Waals surface area (Å²) in [6.45, 7) is 6.62. The zero-order valence-electron chi connectivity index (χ0n) is 16.7. The van der Waals surface area contributed by atoms with Crippen LogP contribution < -0.4 is 9.64 Å². The molecule has 1 aliphatic heterocycles. The van der Waals surface area contributed by atoms with Crippen molar-refractivity contribution in [1.29, 1.82) is 0 Å². The molecule has 0 amide bonds. The van der Waals surface area contributed by atoms with E-state index in [-0.39, 0.29) is 0 Å². The zero-order valence-corrected chi connectivity index (χ0v) is 16.7. The van der Waals surface area contributed by atoms with Gasteiger partial charge in [-0.2, -0.15) is 13.2 Å². The Morgan fingerprint density at radius 3 is 2.37 bits per heavy atom. The van der Waals surface area contributed by atoms with E-state index in [1.807, 2.05) is 36.1 Å². The summed E-state index contributed by atoms with van der Waals surface area (Å²) < 4.78 is 43.6. The Kier molecular flexibility index (Phi) is 7.45. The fraction of sp³-hybridized carbons (Fsp3) is 0.450. The first kappa shape index (κ1) is 21.8. The number of hydrogen-bond acceptors (Lipinski definition) is 7. The van der Waals surface area contributed by atoms with E-state index in [9.17, 15) is 13.2 Å². The predicted octanol–water partition coefficient (Wildman–Crippen LogP) is 3.07. The molecule has 162 valence electrons. The van der Waals surface area contributed by atoms with E-state index >= 15 is 0 Å². The molecule has 0 radical (unpaired) electrons. The maximum absolute atomic E-state index is 12.6. The third-order valence-electron chi connectivity index (χ3n) is 4.60. The molecule has 0 saturated carbocycles. The number of halogens is 3. The van der Waals surface area contributed by atoms with Crippen LogP contribution >= 0.6 is 0 Å². The van der Waals surface area contributed by atoms with Gasteiger partial charge in [0, 0.05) is 32.7 Å². The minimum absolute atomic E-state index is 0.465. The Hall–Kier alpha value is -2.88. The molecule has 1 aromatic carbocycles. The van der Waals surface area contributed by atoms with Crippen LogP contribution in [0.25, 0.3) is 0 Å². The van der Waals surface area contributed by atoms with Crippen molar-refractivity contribution in [2.75, 3.05) is 50.8 Å². The van der Waals surface area contributed by atoms with Gasteiger partial charge in [0.25, 0.3) is 0 Å². The number of benzene rings is 1. The molecule has 0 bridgehead atoms. The van der Waals surface area contributed by atoms with Gasteiger partial charge in [0.1, 0.15) is 19.0 Å². The van der Waals surface area contributed by atoms with Gasteiger partial charge in [-0.15, -0.1) is 10.2 Å². The molecule has 2 heterocycles. The number of alkyl halides is 3. The van der Waals surface area contributed by atoms with Crippen LogP contribution in [0.1, 0.15) is 18.2 Å². The Bertz CT molecular complexity index is 805. The predicted molar refractivity (Wildman–Crippen MR) is 107 cm³/mol. The van der Waals surface area contributed by atoms with Crippen molar-refractivity contribution >= 4 is 12.0 Å². The van der Waals surface area contributed by atoms with E-state index in [4.69, 9.17) is 9.57 Å². The number of ether oxygens (including phenoxy) is 1. The number of nitrogens with zero attached hydrogens (tertiary/aromatic N) is 5. The number of piperazine rings is 1. The van der Waals surface area contributed by atoms with Gasteiger partial charge >= 0.3 is 6.18 Å². The van der Waals surface area contributed by atoms with Gasteiger partial charge in [-0.3, -0.25) is 4.90 Å². The van der Waals surface area contributed by atoms with Crippen molar-refractivity contribution in [3.63, 3.8) is 0 Å². The van der Waals surface area contributed by atoms with Crippen molar-refractivity contribution in [1.82, 2.24) is 15.1 Å². The quantitative estimate of drug-likeness (QED) is 0.480. The summed E-state index contributed by atoms with van der Waals surface area (Å²) in [4.78, 5) is 9.12. The van der Waals surface area contributed by atoms with Crippen LogP contribution in [0.5, 0.6) is 5.75 Å².